The van der Waals surface area contributed by atoms with Gasteiger partial charge >= 0.3 is 0 Å². The lowest BCUT2D eigenvalue weighted by molar-refractivity contribution is 0.00355. The summed E-state index contributed by atoms with van der Waals surface area (Å²) in [5, 5.41) is 14.7. The fourth-order valence-corrected chi connectivity index (χ4v) is 9.37. The van der Waals surface area contributed by atoms with Gasteiger partial charge in [0.2, 0.25) is 10.0 Å². The number of aliphatic hydroxyl groups excluding tert-OH is 1. The zero-order valence-electron chi connectivity index (χ0n) is 25.3. The maximum atomic E-state index is 13.4. The van der Waals surface area contributed by atoms with Crippen LogP contribution in [-0.2, 0) is 21.9 Å². The second-order valence-electron chi connectivity index (χ2n) is 13.5. The van der Waals surface area contributed by atoms with Crippen molar-refractivity contribution < 1.29 is 23.1 Å². The molecule has 2 heterocycles. The molecule has 2 aromatic carbocycles. The number of anilines is 1. The number of carbonyl (C=O) groups excluding carboxylic acids is 1. The van der Waals surface area contributed by atoms with Crippen LogP contribution in [0.25, 0.3) is 0 Å². The Labute approximate surface area is 260 Å². The van der Waals surface area contributed by atoms with Gasteiger partial charge in [-0.05, 0) is 118 Å². The molecule has 0 saturated heterocycles. The Morgan fingerprint density at radius 2 is 1.95 bits per heavy atom. The molecule has 3 N–H and O–H groups in total. The lowest BCUT2D eigenvalue weighted by Gasteiger charge is -2.46. The Morgan fingerprint density at radius 1 is 1.14 bits per heavy atom. The number of carbonyl (C=O) groups is 1. The van der Waals surface area contributed by atoms with Gasteiger partial charge in [-0.15, -0.1) is 0 Å². The number of benzene rings is 2. The molecule has 1 saturated carbocycles. The van der Waals surface area contributed by atoms with Crippen molar-refractivity contribution >= 4 is 33.2 Å². The van der Waals surface area contributed by atoms with E-state index >= 15 is 0 Å². The van der Waals surface area contributed by atoms with Gasteiger partial charge in [-0.25, -0.2) is 13.1 Å². The fraction of sp³-hybridized carbons (Fsp3) is 0.606. The number of ether oxygens (including phenoxy) is 1. The smallest absolute Gasteiger partial charge is 0.264 e. The number of rotatable bonds is 1. The van der Waals surface area contributed by atoms with Gasteiger partial charge < -0.3 is 20.1 Å². The van der Waals surface area contributed by atoms with Gasteiger partial charge in [0.1, 0.15) is 5.75 Å². The average molecular weight is 630 g/mol. The normalized spacial score (nSPS) is 34.2. The van der Waals surface area contributed by atoms with Crippen LogP contribution in [0.4, 0.5) is 5.69 Å². The summed E-state index contributed by atoms with van der Waals surface area (Å²) in [6.07, 6.45) is 5.62. The predicted molar refractivity (Wildman–Crippen MR) is 170 cm³/mol. The lowest BCUT2D eigenvalue weighted by Crippen LogP contribution is -2.50. The predicted octanol–water partition coefficient (Wildman–Crippen LogP) is 4.67. The molecule has 43 heavy (non-hydrogen) atoms. The highest BCUT2D eigenvalue weighted by Gasteiger charge is 2.45. The van der Waals surface area contributed by atoms with Gasteiger partial charge in [0.15, 0.2) is 0 Å². The number of halogens is 1. The maximum absolute atomic E-state index is 13.4. The molecule has 0 radical (unpaired) electrons. The SMILES string of the molecule is CN[C@@H]1C[C@@H](O)[C@@H]2CC[C@H]2CN2C[C@@]3(CCCc4cc(Cl)ccc43)COc3ccc(cc32)C(=O)NS(=O)(=O)[C@H](C)[C@@H](C)C1. The van der Waals surface area contributed by atoms with Crippen LogP contribution in [0.2, 0.25) is 5.02 Å². The Morgan fingerprint density at radius 3 is 2.70 bits per heavy atom. The van der Waals surface area contributed by atoms with Crippen molar-refractivity contribution in [2.45, 2.75) is 81.6 Å². The Kier molecular flexibility index (Phi) is 8.48. The number of hydrogen-bond acceptors (Lipinski definition) is 7. The van der Waals surface area contributed by atoms with Crippen LogP contribution in [0.3, 0.4) is 0 Å². The average Bonchev–Trinajstić information content (AvgIpc) is 3.10. The number of hydrogen-bond donors (Lipinski definition) is 3. The summed E-state index contributed by atoms with van der Waals surface area (Å²) < 4.78 is 35.5. The summed E-state index contributed by atoms with van der Waals surface area (Å²) in [7, 11) is -2.07. The van der Waals surface area contributed by atoms with Gasteiger partial charge in [0.25, 0.3) is 5.91 Å². The standard InChI is InChI=1S/C33H44ClN3O5S/c1-20-13-26(35-3)16-30(38)27-9-6-24(27)17-37-18-33(12-4-5-22-14-25(34)8-10-28(22)33)19-42-31-11-7-23(15-29(31)37)32(39)36-43(40,41)21(20)2/h7-8,10-11,14-15,20-21,24,26-27,30,35,38H,4-6,9,12-13,16-19H2,1-3H3,(H,36,39)/t20-,21+,24-,26-,27+,30+,33-/m0/s1. The zero-order valence-corrected chi connectivity index (χ0v) is 26.9. The monoisotopic (exact) mass is 629 g/mol. The molecule has 2 aliphatic heterocycles. The van der Waals surface area contributed by atoms with E-state index in [4.69, 9.17) is 16.3 Å². The molecule has 1 fully saturated rings. The number of nitrogens with zero attached hydrogens (tertiary/aromatic N) is 1. The van der Waals surface area contributed by atoms with Gasteiger partial charge in [0.05, 0.1) is 23.6 Å². The van der Waals surface area contributed by atoms with Crippen LogP contribution < -0.4 is 19.7 Å². The van der Waals surface area contributed by atoms with Crippen molar-refractivity contribution in [3.8, 4) is 5.75 Å². The van der Waals surface area contributed by atoms with E-state index in [1.807, 2.05) is 20.0 Å². The van der Waals surface area contributed by atoms with E-state index in [0.29, 0.717) is 37.7 Å². The van der Waals surface area contributed by atoms with E-state index in [0.717, 1.165) is 49.4 Å². The molecule has 10 heteroatoms. The van der Waals surface area contributed by atoms with Crippen molar-refractivity contribution in [3.05, 3.63) is 58.1 Å². The van der Waals surface area contributed by atoms with E-state index in [1.165, 1.54) is 11.1 Å². The Balaban J connectivity index is 1.42. The van der Waals surface area contributed by atoms with Crippen LogP contribution in [0, 0.1) is 17.8 Å². The van der Waals surface area contributed by atoms with E-state index in [9.17, 15) is 18.3 Å². The summed E-state index contributed by atoms with van der Waals surface area (Å²) >= 11 is 6.40. The summed E-state index contributed by atoms with van der Waals surface area (Å²) in [6, 6.07) is 11.4. The molecule has 2 aromatic rings. The van der Waals surface area contributed by atoms with E-state index in [-0.39, 0.29) is 28.9 Å². The molecule has 4 aliphatic rings. The molecule has 2 aliphatic carbocycles. The number of amides is 1. The molecule has 8 nitrogen and oxygen atoms in total. The summed E-state index contributed by atoms with van der Waals surface area (Å²) in [5.74, 6) is 0.291. The van der Waals surface area contributed by atoms with E-state index < -0.39 is 27.3 Å². The number of nitrogens with one attached hydrogen (secondary N) is 2. The summed E-state index contributed by atoms with van der Waals surface area (Å²) in [6.45, 7) is 5.47. The molecular weight excluding hydrogens is 586 g/mol. The third-order valence-electron chi connectivity index (χ3n) is 10.8. The molecule has 0 unspecified atom stereocenters. The fourth-order valence-electron chi connectivity index (χ4n) is 7.89. The Hall–Kier alpha value is -2.33. The molecule has 234 valence electrons. The molecule has 7 atom stereocenters. The van der Waals surface area contributed by atoms with Crippen LogP contribution in [0.15, 0.2) is 36.4 Å². The molecule has 1 spiro atoms. The number of sulfonamides is 1. The van der Waals surface area contributed by atoms with Crippen molar-refractivity contribution in [2.24, 2.45) is 17.8 Å². The minimum absolute atomic E-state index is 0.0349. The maximum Gasteiger partial charge on any atom is 0.264 e. The first kappa shape index (κ1) is 30.7. The van der Waals surface area contributed by atoms with Gasteiger partial charge in [-0.1, -0.05) is 24.6 Å². The number of fused-ring (bicyclic) bond motifs is 4. The first-order valence-corrected chi connectivity index (χ1v) is 17.6. The molecule has 2 bridgehead atoms. The highest BCUT2D eigenvalue weighted by atomic mass is 35.5. The summed E-state index contributed by atoms with van der Waals surface area (Å²) in [4.78, 5) is 15.8. The molecule has 6 rings (SSSR count). The van der Waals surface area contributed by atoms with Crippen molar-refractivity contribution in [3.63, 3.8) is 0 Å². The number of aryl methyl sites for hydroxylation is 1. The number of aliphatic hydroxyl groups is 1. The van der Waals surface area contributed by atoms with Crippen molar-refractivity contribution in [1.29, 1.82) is 0 Å². The lowest BCUT2D eigenvalue weighted by atomic mass is 9.68. The first-order chi connectivity index (χ1) is 20.5. The van der Waals surface area contributed by atoms with Gasteiger partial charge in [0, 0.05) is 35.1 Å². The molecule has 1 amide bonds. The second-order valence-corrected chi connectivity index (χ2v) is 15.9. The van der Waals surface area contributed by atoms with E-state index in [2.05, 4.69) is 27.1 Å². The minimum atomic E-state index is -3.94. The third kappa shape index (κ3) is 5.90. The Bertz CT molecular complexity index is 1480. The van der Waals surface area contributed by atoms with Gasteiger partial charge in [-0.2, -0.15) is 0 Å². The summed E-state index contributed by atoms with van der Waals surface area (Å²) in [5.41, 5.74) is 3.34. The third-order valence-corrected chi connectivity index (χ3v) is 13.0. The zero-order chi connectivity index (χ0) is 30.5. The highest BCUT2D eigenvalue weighted by Crippen LogP contribution is 2.47. The quantitative estimate of drug-likeness (QED) is 0.421. The topological polar surface area (TPSA) is 108 Å². The first-order valence-electron chi connectivity index (χ1n) is 15.7. The van der Waals surface area contributed by atoms with Crippen molar-refractivity contribution in [2.75, 3.05) is 31.6 Å². The molecular formula is C33H44ClN3O5S. The van der Waals surface area contributed by atoms with Crippen LogP contribution in [0.1, 0.15) is 73.9 Å². The van der Waals surface area contributed by atoms with E-state index in [1.54, 1.807) is 25.1 Å². The minimum Gasteiger partial charge on any atom is -0.490 e. The second kappa shape index (κ2) is 11.9. The highest BCUT2D eigenvalue weighted by molar-refractivity contribution is 7.90. The van der Waals surface area contributed by atoms with Crippen LogP contribution in [-0.4, -0.2) is 63.6 Å². The largest absolute Gasteiger partial charge is 0.490 e. The van der Waals surface area contributed by atoms with Crippen molar-refractivity contribution in [1.82, 2.24) is 10.0 Å². The van der Waals surface area contributed by atoms with Gasteiger partial charge in [-0.3, -0.25) is 4.79 Å². The molecule has 0 aromatic heterocycles. The van der Waals surface area contributed by atoms with Crippen LogP contribution >= 0.6 is 11.6 Å². The van der Waals surface area contributed by atoms with Crippen LogP contribution in [0.5, 0.6) is 5.75 Å².